The van der Waals surface area contributed by atoms with E-state index in [0.717, 1.165) is 18.4 Å². The monoisotopic (exact) mass is 385 g/mol. The van der Waals surface area contributed by atoms with Gasteiger partial charge in [-0.2, -0.15) is 0 Å². The number of hydrogen-bond acceptors (Lipinski definition) is 3. The number of methoxy groups -OCH3 is 1. The zero-order valence-corrected chi connectivity index (χ0v) is 16.4. The molecule has 1 amide bonds. The Hall–Kier alpha value is -2.56. The Morgan fingerprint density at radius 3 is 2.64 bits per heavy atom. The van der Waals surface area contributed by atoms with Crippen LogP contribution in [0.15, 0.2) is 42.5 Å². The molecular formula is C23H28FNO3. The van der Waals surface area contributed by atoms with Gasteiger partial charge in [-0.15, -0.1) is 0 Å². The lowest BCUT2D eigenvalue weighted by Gasteiger charge is -2.20. The van der Waals surface area contributed by atoms with Crippen molar-refractivity contribution in [2.45, 2.75) is 51.7 Å². The topological polar surface area (TPSA) is 47.6 Å². The maximum Gasteiger partial charge on any atom is 0.220 e. The van der Waals surface area contributed by atoms with Crippen LogP contribution in [0.1, 0.15) is 49.7 Å². The molecule has 1 saturated carbocycles. The molecule has 3 rings (SSSR count). The van der Waals surface area contributed by atoms with E-state index in [1.54, 1.807) is 31.4 Å². The highest BCUT2D eigenvalue weighted by molar-refractivity contribution is 5.76. The summed E-state index contributed by atoms with van der Waals surface area (Å²) in [7, 11) is 1.57. The highest BCUT2D eigenvalue weighted by Crippen LogP contribution is 2.29. The minimum atomic E-state index is -0.293. The molecular weight excluding hydrogens is 357 g/mol. The molecule has 2 aromatic rings. The van der Waals surface area contributed by atoms with Crippen molar-refractivity contribution in [3.63, 3.8) is 0 Å². The molecule has 2 aromatic carbocycles. The molecule has 1 aliphatic carbocycles. The van der Waals surface area contributed by atoms with Gasteiger partial charge in [-0.3, -0.25) is 4.79 Å². The lowest BCUT2D eigenvalue weighted by atomic mass is 9.87. The van der Waals surface area contributed by atoms with E-state index in [2.05, 4.69) is 5.32 Å². The van der Waals surface area contributed by atoms with Crippen LogP contribution in [0.4, 0.5) is 4.39 Å². The van der Waals surface area contributed by atoms with Crippen molar-refractivity contribution in [1.82, 2.24) is 5.32 Å². The quantitative estimate of drug-likeness (QED) is 0.696. The zero-order chi connectivity index (χ0) is 19.8. The first-order valence-electron chi connectivity index (χ1n) is 9.95. The molecule has 0 radical (unpaired) electrons. The maximum absolute atomic E-state index is 13.7. The predicted molar refractivity (Wildman–Crippen MR) is 107 cm³/mol. The molecule has 0 heterocycles. The fourth-order valence-electron chi connectivity index (χ4n) is 3.64. The van der Waals surface area contributed by atoms with Crippen molar-refractivity contribution in [2.75, 3.05) is 7.11 Å². The molecule has 5 heteroatoms. The number of carbonyl (C=O) groups is 1. The minimum absolute atomic E-state index is 0.103. The van der Waals surface area contributed by atoms with Crippen LogP contribution in [0.3, 0.4) is 0 Å². The van der Waals surface area contributed by atoms with Crippen LogP contribution in [0.5, 0.6) is 11.5 Å². The van der Waals surface area contributed by atoms with Gasteiger partial charge in [0.15, 0.2) is 11.5 Å². The third-order valence-corrected chi connectivity index (χ3v) is 5.26. The first kappa shape index (κ1) is 20.2. The van der Waals surface area contributed by atoms with E-state index in [1.807, 2.05) is 12.1 Å². The van der Waals surface area contributed by atoms with Crippen LogP contribution >= 0.6 is 0 Å². The van der Waals surface area contributed by atoms with E-state index >= 15 is 0 Å². The largest absolute Gasteiger partial charge is 0.493 e. The normalized spacial score (nSPS) is 14.5. The van der Waals surface area contributed by atoms with E-state index in [1.165, 1.54) is 25.3 Å². The Morgan fingerprint density at radius 1 is 1.11 bits per heavy atom. The van der Waals surface area contributed by atoms with Gasteiger partial charge >= 0.3 is 0 Å². The fraction of sp³-hybridized carbons (Fsp3) is 0.435. The summed E-state index contributed by atoms with van der Waals surface area (Å²) in [6.07, 6.45) is 6.71. The summed E-state index contributed by atoms with van der Waals surface area (Å²) in [5.41, 5.74) is 1.43. The zero-order valence-electron chi connectivity index (χ0n) is 16.4. The molecule has 0 spiro atoms. The van der Waals surface area contributed by atoms with Gasteiger partial charge in [-0.05, 0) is 42.5 Å². The van der Waals surface area contributed by atoms with Crippen LogP contribution in [-0.4, -0.2) is 13.0 Å². The Balaban J connectivity index is 1.53. The van der Waals surface area contributed by atoms with Gasteiger partial charge in [0.25, 0.3) is 0 Å². The maximum atomic E-state index is 13.7. The third kappa shape index (κ3) is 5.72. The molecule has 150 valence electrons. The van der Waals surface area contributed by atoms with Crippen molar-refractivity contribution in [3.8, 4) is 11.5 Å². The average Bonchev–Trinajstić information content (AvgIpc) is 2.72. The lowest BCUT2D eigenvalue weighted by Crippen LogP contribution is -2.25. The number of benzene rings is 2. The van der Waals surface area contributed by atoms with Crippen molar-refractivity contribution in [1.29, 1.82) is 0 Å². The van der Waals surface area contributed by atoms with Crippen molar-refractivity contribution in [2.24, 2.45) is 5.92 Å². The van der Waals surface area contributed by atoms with E-state index in [-0.39, 0.29) is 18.3 Å². The summed E-state index contributed by atoms with van der Waals surface area (Å²) in [6, 6.07) is 12.1. The number of carbonyl (C=O) groups excluding carboxylic acids is 1. The number of ether oxygens (including phenoxy) is 2. The number of halogens is 1. The molecule has 0 unspecified atom stereocenters. The highest BCUT2D eigenvalue weighted by Gasteiger charge is 2.17. The van der Waals surface area contributed by atoms with Crippen LogP contribution < -0.4 is 14.8 Å². The predicted octanol–water partition coefficient (Wildman–Crippen LogP) is 5.00. The second-order valence-corrected chi connectivity index (χ2v) is 7.35. The Bertz CT molecular complexity index is 787. The number of rotatable bonds is 8. The molecule has 0 bridgehead atoms. The molecule has 1 fully saturated rings. The van der Waals surface area contributed by atoms with E-state index in [9.17, 15) is 9.18 Å². The Morgan fingerprint density at radius 2 is 1.89 bits per heavy atom. The van der Waals surface area contributed by atoms with Crippen molar-refractivity contribution < 1.29 is 18.7 Å². The lowest BCUT2D eigenvalue weighted by molar-refractivity contribution is -0.122. The Labute approximate surface area is 166 Å². The molecule has 0 saturated heterocycles. The third-order valence-electron chi connectivity index (χ3n) is 5.26. The van der Waals surface area contributed by atoms with Gasteiger partial charge in [0, 0.05) is 18.5 Å². The van der Waals surface area contributed by atoms with Crippen LogP contribution in [0.25, 0.3) is 0 Å². The Kier molecular flexibility index (Phi) is 7.29. The summed E-state index contributed by atoms with van der Waals surface area (Å²) in [5.74, 6) is 1.44. The minimum Gasteiger partial charge on any atom is -0.493 e. The smallest absolute Gasteiger partial charge is 0.220 e. The summed E-state index contributed by atoms with van der Waals surface area (Å²) in [5, 5.41) is 3.00. The summed E-state index contributed by atoms with van der Waals surface area (Å²) >= 11 is 0. The van der Waals surface area contributed by atoms with E-state index < -0.39 is 0 Å². The van der Waals surface area contributed by atoms with Crippen LogP contribution in [-0.2, 0) is 17.9 Å². The molecule has 28 heavy (non-hydrogen) atoms. The molecule has 4 nitrogen and oxygen atoms in total. The van der Waals surface area contributed by atoms with Gasteiger partial charge in [0.1, 0.15) is 12.4 Å². The second kappa shape index (κ2) is 10.1. The summed E-state index contributed by atoms with van der Waals surface area (Å²) < 4.78 is 24.9. The second-order valence-electron chi connectivity index (χ2n) is 7.35. The molecule has 0 aromatic heterocycles. The average molecular weight is 385 g/mol. The van der Waals surface area contributed by atoms with Gasteiger partial charge < -0.3 is 14.8 Å². The first-order valence-corrected chi connectivity index (χ1v) is 9.95. The van der Waals surface area contributed by atoms with Crippen molar-refractivity contribution >= 4 is 5.91 Å². The number of hydrogen-bond donors (Lipinski definition) is 1. The summed E-state index contributed by atoms with van der Waals surface area (Å²) in [4.78, 5) is 12.2. The van der Waals surface area contributed by atoms with E-state index in [4.69, 9.17) is 9.47 Å². The molecule has 0 aliphatic heterocycles. The van der Waals surface area contributed by atoms with Gasteiger partial charge in [-0.25, -0.2) is 4.39 Å². The van der Waals surface area contributed by atoms with Gasteiger partial charge in [-0.1, -0.05) is 43.5 Å². The summed E-state index contributed by atoms with van der Waals surface area (Å²) in [6.45, 7) is 0.579. The molecule has 1 aliphatic rings. The van der Waals surface area contributed by atoms with E-state index in [0.29, 0.717) is 35.9 Å². The van der Waals surface area contributed by atoms with Gasteiger partial charge in [0.05, 0.1) is 7.11 Å². The standard InChI is InChI=1S/C23H28FNO3/c1-27-22-13-18(15-25-23(26)14-17-7-3-2-4-8-17)11-12-21(22)28-16-19-9-5-6-10-20(19)24/h5-6,9-13,17H,2-4,7-8,14-16H2,1H3,(H,25,26). The molecule has 0 atom stereocenters. The van der Waals surface area contributed by atoms with Crippen LogP contribution in [0.2, 0.25) is 0 Å². The number of nitrogens with one attached hydrogen (secondary N) is 1. The SMILES string of the molecule is COc1cc(CNC(=O)CC2CCCCC2)ccc1OCc1ccccc1F. The fourth-order valence-corrected chi connectivity index (χ4v) is 3.64. The molecule has 1 N–H and O–H groups in total. The first-order chi connectivity index (χ1) is 13.7. The van der Waals surface area contributed by atoms with Gasteiger partial charge in [0.2, 0.25) is 5.91 Å². The van der Waals surface area contributed by atoms with Crippen molar-refractivity contribution in [3.05, 3.63) is 59.4 Å². The number of amides is 1. The van der Waals surface area contributed by atoms with Crippen LogP contribution in [0, 0.1) is 11.7 Å². The highest BCUT2D eigenvalue weighted by atomic mass is 19.1.